The van der Waals surface area contributed by atoms with E-state index < -0.39 is 0 Å². The van der Waals surface area contributed by atoms with Crippen LogP contribution in [0.15, 0.2) is 24.3 Å². The SMILES string of the molecule is CCOC(=O)CCCC/C=C\CCCCCCCCC(CCCCCCCC/C=C\CCCCC(=O)OCC)OC(=O)CCCN(C)C. The summed E-state index contributed by atoms with van der Waals surface area (Å²) in [6, 6.07) is 0. The zero-order valence-electron chi connectivity index (χ0n) is 31.8. The largest absolute Gasteiger partial charge is 0.466 e. The molecule has 280 valence electrons. The fraction of sp³-hybridized carbons (Fsp3) is 0.829. The molecule has 48 heavy (non-hydrogen) atoms. The van der Waals surface area contributed by atoms with Crippen molar-refractivity contribution in [3.8, 4) is 0 Å². The third kappa shape index (κ3) is 35.2. The van der Waals surface area contributed by atoms with Crippen LogP contribution in [-0.4, -0.2) is 62.8 Å². The summed E-state index contributed by atoms with van der Waals surface area (Å²) >= 11 is 0. The molecule has 0 heterocycles. The molecule has 0 saturated heterocycles. The van der Waals surface area contributed by atoms with Gasteiger partial charge in [-0.2, -0.15) is 0 Å². The zero-order valence-corrected chi connectivity index (χ0v) is 31.8. The summed E-state index contributed by atoms with van der Waals surface area (Å²) < 4.78 is 15.9. The molecule has 0 aromatic heterocycles. The number of nitrogens with zero attached hydrogens (tertiary/aromatic N) is 1. The van der Waals surface area contributed by atoms with Gasteiger partial charge in [0.1, 0.15) is 6.10 Å². The molecule has 0 aliphatic rings. The Balaban J connectivity index is 4.00. The van der Waals surface area contributed by atoms with E-state index in [9.17, 15) is 14.4 Å². The lowest BCUT2D eigenvalue weighted by Gasteiger charge is -2.18. The average molecular weight is 678 g/mol. The quantitative estimate of drug-likeness (QED) is 0.0286. The van der Waals surface area contributed by atoms with Crippen molar-refractivity contribution in [2.45, 2.75) is 187 Å². The van der Waals surface area contributed by atoms with E-state index in [1.807, 2.05) is 27.9 Å². The molecule has 0 N–H and O–H groups in total. The molecule has 0 amide bonds. The van der Waals surface area contributed by atoms with E-state index in [1.54, 1.807) is 0 Å². The van der Waals surface area contributed by atoms with Crippen molar-refractivity contribution < 1.29 is 28.6 Å². The van der Waals surface area contributed by atoms with Crippen LogP contribution in [0.5, 0.6) is 0 Å². The summed E-state index contributed by atoms with van der Waals surface area (Å²) in [7, 11) is 4.08. The van der Waals surface area contributed by atoms with E-state index in [2.05, 4.69) is 29.2 Å². The van der Waals surface area contributed by atoms with Crippen LogP contribution in [0.3, 0.4) is 0 Å². The van der Waals surface area contributed by atoms with Crippen LogP contribution < -0.4 is 0 Å². The van der Waals surface area contributed by atoms with E-state index >= 15 is 0 Å². The van der Waals surface area contributed by atoms with Crippen LogP contribution in [0.1, 0.15) is 181 Å². The Kier molecular flexibility index (Phi) is 34.5. The van der Waals surface area contributed by atoms with Gasteiger partial charge in [-0.15, -0.1) is 0 Å². The van der Waals surface area contributed by atoms with Crippen LogP contribution in [0.2, 0.25) is 0 Å². The second kappa shape index (κ2) is 36.1. The molecule has 0 saturated carbocycles. The van der Waals surface area contributed by atoms with Crippen molar-refractivity contribution in [2.75, 3.05) is 33.9 Å². The molecule has 0 aliphatic heterocycles. The van der Waals surface area contributed by atoms with E-state index in [-0.39, 0.29) is 24.0 Å². The second-order valence-corrected chi connectivity index (χ2v) is 13.5. The van der Waals surface area contributed by atoms with Crippen molar-refractivity contribution in [3.05, 3.63) is 24.3 Å². The number of ether oxygens (including phenoxy) is 3. The number of carbonyl (C=O) groups is 3. The lowest BCUT2D eigenvalue weighted by Crippen LogP contribution is -2.20. The van der Waals surface area contributed by atoms with Gasteiger partial charge >= 0.3 is 17.9 Å². The average Bonchev–Trinajstić information content (AvgIpc) is 3.04. The van der Waals surface area contributed by atoms with Gasteiger partial charge in [0.2, 0.25) is 0 Å². The van der Waals surface area contributed by atoms with Gasteiger partial charge in [0.05, 0.1) is 13.2 Å². The summed E-state index contributed by atoms with van der Waals surface area (Å²) in [6.07, 6.45) is 36.7. The third-order valence-electron chi connectivity index (χ3n) is 8.53. The highest BCUT2D eigenvalue weighted by Gasteiger charge is 2.14. The van der Waals surface area contributed by atoms with Gasteiger partial charge in [0.15, 0.2) is 0 Å². The molecule has 7 heteroatoms. The van der Waals surface area contributed by atoms with E-state index in [1.165, 1.54) is 64.2 Å². The predicted molar refractivity (Wildman–Crippen MR) is 200 cm³/mol. The molecule has 0 rings (SSSR count). The van der Waals surface area contributed by atoms with Gasteiger partial charge in [0, 0.05) is 19.3 Å². The minimum absolute atomic E-state index is 0.0269. The van der Waals surface area contributed by atoms with Gasteiger partial charge in [-0.1, -0.05) is 75.7 Å². The maximum atomic E-state index is 12.5. The van der Waals surface area contributed by atoms with Crippen molar-refractivity contribution >= 4 is 17.9 Å². The molecule has 0 unspecified atom stereocenters. The lowest BCUT2D eigenvalue weighted by atomic mass is 10.0. The van der Waals surface area contributed by atoms with Crippen LogP contribution in [-0.2, 0) is 28.6 Å². The first kappa shape index (κ1) is 45.9. The van der Waals surface area contributed by atoms with Crippen LogP contribution in [0, 0.1) is 0 Å². The molecule has 0 aliphatic carbocycles. The fourth-order valence-corrected chi connectivity index (χ4v) is 5.73. The monoisotopic (exact) mass is 678 g/mol. The minimum Gasteiger partial charge on any atom is -0.466 e. The molecule has 7 nitrogen and oxygen atoms in total. The number of hydrogen-bond acceptors (Lipinski definition) is 7. The number of esters is 3. The number of carbonyl (C=O) groups excluding carboxylic acids is 3. The summed E-state index contributed by atoms with van der Waals surface area (Å²) in [6.45, 7) is 5.55. The number of allylic oxidation sites excluding steroid dienone is 4. The Hall–Kier alpha value is -2.15. The van der Waals surface area contributed by atoms with Crippen LogP contribution in [0.25, 0.3) is 0 Å². The summed E-state index contributed by atoms with van der Waals surface area (Å²) in [4.78, 5) is 37.3. The summed E-state index contributed by atoms with van der Waals surface area (Å²) in [5, 5.41) is 0. The molecule has 0 atom stereocenters. The molecule has 0 spiro atoms. The molecule has 0 fully saturated rings. The zero-order chi connectivity index (χ0) is 35.3. The molecule has 0 radical (unpaired) electrons. The standard InChI is InChI=1S/C41H75NO6/c1-5-46-39(43)34-29-25-21-17-13-9-7-11-15-19-23-27-32-38(48-41(45)36-31-37-42(3)4)33-28-24-20-16-12-8-10-14-18-22-26-30-35-40(44)47-6-2/h13-14,17-18,38H,5-12,15-16,19-37H2,1-4H3/b17-13-,18-14-. The minimum atomic E-state index is -0.0792. The van der Waals surface area contributed by atoms with Gasteiger partial charge in [-0.05, 0) is 131 Å². The van der Waals surface area contributed by atoms with Gasteiger partial charge in [-0.25, -0.2) is 0 Å². The number of rotatable bonds is 35. The van der Waals surface area contributed by atoms with E-state index in [4.69, 9.17) is 14.2 Å². The first-order chi connectivity index (χ1) is 23.4. The Bertz CT molecular complexity index is 757. The first-order valence-electron chi connectivity index (χ1n) is 19.8. The normalized spacial score (nSPS) is 11.7. The van der Waals surface area contributed by atoms with E-state index in [0.717, 1.165) is 90.0 Å². The Morgan fingerprint density at radius 3 is 1.23 bits per heavy atom. The van der Waals surface area contributed by atoms with Gasteiger partial charge in [-0.3, -0.25) is 14.4 Å². The number of unbranched alkanes of at least 4 members (excludes halogenated alkanes) is 16. The van der Waals surface area contributed by atoms with Crippen molar-refractivity contribution in [1.82, 2.24) is 4.90 Å². The molecule has 0 bridgehead atoms. The van der Waals surface area contributed by atoms with Crippen molar-refractivity contribution in [3.63, 3.8) is 0 Å². The maximum absolute atomic E-state index is 12.5. The maximum Gasteiger partial charge on any atom is 0.306 e. The molecular weight excluding hydrogens is 602 g/mol. The van der Waals surface area contributed by atoms with Gasteiger partial charge in [0.25, 0.3) is 0 Å². The van der Waals surface area contributed by atoms with Crippen molar-refractivity contribution in [2.24, 2.45) is 0 Å². The Labute approximate surface area is 296 Å². The molecular formula is C41H75NO6. The topological polar surface area (TPSA) is 82.1 Å². The highest BCUT2D eigenvalue weighted by atomic mass is 16.5. The highest BCUT2D eigenvalue weighted by Crippen LogP contribution is 2.18. The highest BCUT2D eigenvalue weighted by molar-refractivity contribution is 5.70. The smallest absolute Gasteiger partial charge is 0.306 e. The summed E-state index contributed by atoms with van der Waals surface area (Å²) in [5.41, 5.74) is 0. The third-order valence-corrected chi connectivity index (χ3v) is 8.53. The molecule has 0 aromatic carbocycles. The first-order valence-corrected chi connectivity index (χ1v) is 19.8. The fourth-order valence-electron chi connectivity index (χ4n) is 5.73. The molecule has 0 aromatic rings. The van der Waals surface area contributed by atoms with Gasteiger partial charge < -0.3 is 19.1 Å². The second-order valence-electron chi connectivity index (χ2n) is 13.5. The van der Waals surface area contributed by atoms with Crippen LogP contribution in [0.4, 0.5) is 0 Å². The lowest BCUT2D eigenvalue weighted by molar-refractivity contribution is -0.150. The van der Waals surface area contributed by atoms with Crippen molar-refractivity contribution in [1.29, 1.82) is 0 Å². The summed E-state index contributed by atoms with van der Waals surface area (Å²) in [5.74, 6) is -0.185. The van der Waals surface area contributed by atoms with Crippen LogP contribution >= 0.6 is 0 Å². The predicted octanol–water partition coefficient (Wildman–Crippen LogP) is 10.8. The Morgan fingerprint density at radius 2 is 0.833 bits per heavy atom. The number of hydrogen-bond donors (Lipinski definition) is 0. The Morgan fingerprint density at radius 1 is 0.479 bits per heavy atom. The van der Waals surface area contributed by atoms with E-state index in [0.29, 0.717) is 32.5 Å².